The number of nitrogens with one attached hydrogen (secondary N) is 1. The monoisotopic (exact) mass is 315 g/mol. The van der Waals surface area contributed by atoms with Crippen LogP contribution >= 0.6 is 0 Å². The molecule has 1 aromatic rings. The zero-order chi connectivity index (χ0) is 16.2. The van der Waals surface area contributed by atoms with E-state index in [1.807, 2.05) is 19.1 Å². The molecule has 1 aliphatic rings. The number of hydrogen-bond donors (Lipinski definition) is 1. The molecule has 2 rings (SSSR count). The second-order valence-electron chi connectivity index (χ2n) is 5.75. The number of carbonyl (C=O) groups excluding carboxylic acids is 1. The zero-order valence-corrected chi connectivity index (χ0v) is 12.5. The Morgan fingerprint density at radius 3 is 2.59 bits per heavy atom. The first kappa shape index (κ1) is 16.8. The summed E-state index contributed by atoms with van der Waals surface area (Å²) in [4.78, 5) is 12.1. The predicted octanol–water partition coefficient (Wildman–Crippen LogP) is 3.61. The molecule has 0 heterocycles. The lowest BCUT2D eigenvalue weighted by Crippen LogP contribution is -2.41. The molecule has 0 saturated heterocycles. The van der Waals surface area contributed by atoms with Crippen molar-refractivity contribution in [1.29, 1.82) is 0 Å². The third kappa shape index (κ3) is 5.33. The molecular weight excluding hydrogens is 295 g/mol. The Morgan fingerprint density at radius 1 is 1.27 bits per heavy atom. The van der Waals surface area contributed by atoms with Crippen LogP contribution in [0.5, 0.6) is 0 Å². The molecule has 122 valence electrons. The highest BCUT2D eigenvalue weighted by Crippen LogP contribution is 2.24. The van der Waals surface area contributed by atoms with E-state index in [1.54, 1.807) is 12.1 Å². The van der Waals surface area contributed by atoms with Gasteiger partial charge in [-0.1, -0.05) is 17.7 Å². The van der Waals surface area contributed by atoms with E-state index >= 15 is 0 Å². The van der Waals surface area contributed by atoms with Gasteiger partial charge < -0.3 is 10.1 Å². The summed E-state index contributed by atoms with van der Waals surface area (Å²) in [6.45, 7) is 0.710. The molecule has 0 aliphatic heterocycles. The van der Waals surface area contributed by atoms with E-state index in [4.69, 9.17) is 4.74 Å². The molecule has 1 aliphatic carbocycles. The summed E-state index contributed by atoms with van der Waals surface area (Å²) >= 11 is 0. The molecule has 0 spiro atoms. The molecule has 1 fully saturated rings. The number of alkyl halides is 3. The fraction of sp³-hybridized carbons (Fsp3) is 0.562. The Bertz CT molecular complexity index is 499. The molecule has 3 nitrogen and oxygen atoms in total. The topological polar surface area (TPSA) is 38.3 Å². The Balaban J connectivity index is 1.84. The number of aryl methyl sites for hydroxylation is 1. The van der Waals surface area contributed by atoms with Crippen LogP contribution in [-0.2, 0) is 4.74 Å². The largest absolute Gasteiger partial charge is 0.411 e. The Morgan fingerprint density at radius 2 is 1.95 bits per heavy atom. The molecule has 0 bridgehead atoms. The molecule has 2 unspecified atom stereocenters. The summed E-state index contributed by atoms with van der Waals surface area (Å²) < 4.78 is 41.4. The first-order chi connectivity index (χ1) is 10.3. The van der Waals surface area contributed by atoms with Crippen molar-refractivity contribution in [2.75, 3.05) is 6.61 Å². The first-order valence-corrected chi connectivity index (χ1v) is 7.39. The number of carbonyl (C=O) groups is 1. The molecule has 0 radical (unpaired) electrons. The fourth-order valence-electron chi connectivity index (χ4n) is 2.61. The summed E-state index contributed by atoms with van der Waals surface area (Å²) in [6.07, 6.45) is -2.21. The van der Waals surface area contributed by atoms with E-state index in [-0.39, 0.29) is 11.9 Å². The van der Waals surface area contributed by atoms with Crippen LogP contribution in [0, 0.1) is 6.92 Å². The van der Waals surface area contributed by atoms with Crippen LogP contribution in [0.4, 0.5) is 13.2 Å². The number of rotatable bonds is 4. The van der Waals surface area contributed by atoms with Crippen LogP contribution in [0.15, 0.2) is 24.3 Å². The summed E-state index contributed by atoms with van der Waals surface area (Å²) in [7, 11) is 0. The predicted molar refractivity (Wildman–Crippen MR) is 76.7 cm³/mol. The minimum atomic E-state index is -4.31. The van der Waals surface area contributed by atoms with Crippen molar-refractivity contribution >= 4 is 5.91 Å². The third-order valence-electron chi connectivity index (χ3n) is 3.76. The molecular formula is C16H20F3NO2. The van der Waals surface area contributed by atoms with E-state index in [1.165, 1.54) is 0 Å². The number of benzene rings is 1. The Kier molecular flexibility index (Phi) is 5.45. The average molecular weight is 315 g/mol. The molecule has 1 saturated carbocycles. The van der Waals surface area contributed by atoms with Crippen molar-refractivity contribution in [1.82, 2.24) is 5.32 Å². The van der Waals surface area contributed by atoms with Crippen LogP contribution in [-0.4, -0.2) is 30.8 Å². The molecule has 2 atom stereocenters. The average Bonchev–Trinajstić information content (AvgIpc) is 2.45. The van der Waals surface area contributed by atoms with Crippen LogP contribution in [0.1, 0.15) is 41.6 Å². The van der Waals surface area contributed by atoms with Crippen molar-refractivity contribution in [3.8, 4) is 0 Å². The lowest BCUT2D eigenvalue weighted by Gasteiger charge is -2.30. The zero-order valence-electron chi connectivity index (χ0n) is 12.5. The SMILES string of the molecule is Cc1ccc(C(=O)NC2CCCC(OCC(F)(F)F)C2)cc1. The quantitative estimate of drug-likeness (QED) is 0.921. The van der Waals surface area contributed by atoms with Gasteiger partial charge in [0.1, 0.15) is 6.61 Å². The van der Waals surface area contributed by atoms with Gasteiger partial charge in [-0.3, -0.25) is 4.79 Å². The maximum atomic E-state index is 12.2. The number of halogens is 3. The van der Waals surface area contributed by atoms with Crippen LogP contribution in [0.2, 0.25) is 0 Å². The van der Waals surface area contributed by atoms with Crippen molar-refractivity contribution < 1.29 is 22.7 Å². The van der Waals surface area contributed by atoms with Gasteiger partial charge in [0.25, 0.3) is 5.91 Å². The highest BCUT2D eigenvalue weighted by molar-refractivity contribution is 5.94. The van der Waals surface area contributed by atoms with E-state index in [9.17, 15) is 18.0 Å². The van der Waals surface area contributed by atoms with Gasteiger partial charge in [-0.2, -0.15) is 13.2 Å². The minimum absolute atomic E-state index is 0.138. The van der Waals surface area contributed by atoms with Gasteiger partial charge in [0.2, 0.25) is 0 Å². The Labute approximate surface area is 127 Å². The highest BCUT2D eigenvalue weighted by atomic mass is 19.4. The fourth-order valence-corrected chi connectivity index (χ4v) is 2.61. The van der Waals surface area contributed by atoms with E-state index in [2.05, 4.69) is 5.32 Å². The van der Waals surface area contributed by atoms with E-state index in [0.717, 1.165) is 18.4 Å². The first-order valence-electron chi connectivity index (χ1n) is 7.39. The lowest BCUT2D eigenvalue weighted by atomic mass is 9.92. The summed E-state index contributed by atoms with van der Waals surface area (Å²) in [6, 6.07) is 7.05. The van der Waals surface area contributed by atoms with Crippen molar-refractivity contribution in [2.24, 2.45) is 0 Å². The van der Waals surface area contributed by atoms with Crippen molar-refractivity contribution in [3.05, 3.63) is 35.4 Å². The standard InChI is InChI=1S/C16H20F3NO2/c1-11-5-7-12(8-6-11)15(21)20-13-3-2-4-14(9-13)22-10-16(17,18)19/h5-8,13-14H,2-4,9-10H2,1H3,(H,20,21). The van der Waals surface area contributed by atoms with Gasteiger partial charge in [-0.15, -0.1) is 0 Å². The Hall–Kier alpha value is -1.56. The molecule has 22 heavy (non-hydrogen) atoms. The lowest BCUT2D eigenvalue weighted by molar-refractivity contribution is -0.188. The van der Waals surface area contributed by atoms with Gasteiger partial charge in [0, 0.05) is 11.6 Å². The van der Waals surface area contributed by atoms with Crippen LogP contribution < -0.4 is 5.32 Å². The molecule has 1 aromatic carbocycles. The maximum Gasteiger partial charge on any atom is 0.411 e. The second-order valence-corrected chi connectivity index (χ2v) is 5.75. The third-order valence-corrected chi connectivity index (χ3v) is 3.76. The smallest absolute Gasteiger partial charge is 0.369 e. The molecule has 6 heteroatoms. The van der Waals surface area contributed by atoms with Crippen molar-refractivity contribution in [3.63, 3.8) is 0 Å². The number of ether oxygens (including phenoxy) is 1. The number of amides is 1. The van der Waals surface area contributed by atoms with Crippen LogP contribution in [0.3, 0.4) is 0 Å². The van der Waals surface area contributed by atoms with Gasteiger partial charge in [-0.25, -0.2) is 0 Å². The molecule has 1 amide bonds. The summed E-state index contributed by atoms with van der Waals surface area (Å²) in [5, 5.41) is 2.88. The molecule has 0 aromatic heterocycles. The van der Waals surface area contributed by atoms with Crippen molar-refractivity contribution in [2.45, 2.75) is 50.9 Å². The van der Waals surface area contributed by atoms with Gasteiger partial charge in [0.05, 0.1) is 6.10 Å². The van der Waals surface area contributed by atoms with Gasteiger partial charge in [-0.05, 0) is 44.7 Å². The summed E-state index contributed by atoms with van der Waals surface area (Å²) in [5.41, 5.74) is 1.62. The highest BCUT2D eigenvalue weighted by Gasteiger charge is 2.31. The minimum Gasteiger partial charge on any atom is -0.369 e. The van der Waals surface area contributed by atoms with E-state index in [0.29, 0.717) is 18.4 Å². The normalized spacial score (nSPS) is 22.4. The molecule has 1 N–H and O–H groups in total. The second kappa shape index (κ2) is 7.13. The maximum absolute atomic E-state index is 12.2. The van der Waals surface area contributed by atoms with E-state index < -0.39 is 18.9 Å². The number of hydrogen-bond acceptors (Lipinski definition) is 2. The van der Waals surface area contributed by atoms with Crippen LogP contribution in [0.25, 0.3) is 0 Å². The van der Waals surface area contributed by atoms with Gasteiger partial charge in [0.15, 0.2) is 0 Å². The van der Waals surface area contributed by atoms with Gasteiger partial charge >= 0.3 is 6.18 Å². The summed E-state index contributed by atoms with van der Waals surface area (Å²) in [5.74, 6) is -0.193.